The normalized spacial score (nSPS) is 14.1. The second-order valence-corrected chi connectivity index (χ2v) is 5.60. The van der Waals surface area contributed by atoms with Crippen molar-refractivity contribution in [3.63, 3.8) is 0 Å². The monoisotopic (exact) mass is 310 g/mol. The summed E-state index contributed by atoms with van der Waals surface area (Å²) in [6, 6.07) is 14.8. The zero-order valence-electron chi connectivity index (χ0n) is 12.7. The zero-order valence-corrected chi connectivity index (χ0v) is 12.7. The summed E-state index contributed by atoms with van der Waals surface area (Å²) in [5.41, 5.74) is 4.82. The molecule has 0 bridgehead atoms. The number of carbonyl (C=O) groups excluding carboxylic acids is 2. The van der Waals surface area contributed by atoms with E-state index in [2.05, 4.69) is 4.90 Å². The lowest BCUT2D eigenvalue weighted by atomic mass is 10.1. The van der Waals surface area contributed by atoms with Gasteiger partial charge in [0.15, 0.2) is 5.78 Å². The number of hydroxylamine groups is 1. The maximum atomic E-state index is 12.2. The number of hydrogen-bond acceptors (Lipinski definition) is 4. The maximum Gasteiger partial charge on any atom is 0.274 e. The number of amides is 1. The van der Waals surface area contributed by atoms with E-state index in [4.69, 9.17) is 5.21 Å². The molecule has 2 aromatic carbocycles. The van der Waals surface area contributed by atoms with Gasteiger partial charge in [-0.2, -0.15) is 0 Å². The van der Waals surface area contributed by atoms with E-state index in [-0.39, 0.29) is 5.78 Å². The molecule has 5 nitrogen and oxygen atoms in total. The molecule has 118 valence electrons. The van der Waals surface area contributed by atoms with E-state index in [1.807, 2.05) is 36.4 Å². The number of fused-ring (bicyclic) bond motifs is 1. The minimum absolute atomic E-state index is 0.193. The van der Waals surface area contributed by atoms with E-state index in [1.54, 1.807) is 17.6 Å². The van der Waals surface area contributed by atoms with Gasteiger partial charge in [-0.25, -0.2) is 5.48 Å². The largest absolute Gasteiger partial charge is 0.367 e. The number of hydrogen-bond donors (Lipinski definition) is 2. The van der Waals surface area contributed by atoms with Gasteiger partial charge in [-0.05, 0) is 36.2 Å². The molecular formula is C18H18N2O3. The summed E-state index contributed by atoms with van der Waals surface area (Å²) in [6.07, 6.45) is 1.40. The number of anilines is 1. The van der Waals surface area contributed by atoms with E-state index in [0.29, 0.717) is 18.5 Å². The van der Waals surface area contributed by atoms with Gasteiger partial charge in [-0.1, -0.05) is 24.3 Å². The molecule has 5 heteroatoms. The topological polar surface area (TPSA) is 69.6 Å². The van der Waals surface area contributed by atoms with Crippen molar-refractivity contribution in [3.05, 3.63) is 65.2 Å². The maximum absolute atomic E-state index is 12.2. The second-order valence-electron chi connectivity index (χ2n) is 5.60. The van der Waals surface area contributed by atoms with Crippen molar-refractivity contribution >= 4 is 17.4 Å². The van der Waals surface area contributed by atoms with Crippen molar-refractivity contribution in [3.8, 4) is 0 Å². The van der Waals surface area contributed by atoms with Crippen LogP contribution in [-0.4, -0.2) is 23.4 Å². The molecule has 0 spiro atoms. The van der Waals surface area contributed by atoms with Crippen LogP contribution in [0.3, 0.4) is 0 Å². The van der Waals surface area contributed by atoms with Gasteiger partial charge in [0, 0.05) is 36.3 Å². The Hall–Kier alpha value is -2.66. The first kappa shape index (κ1) is 15.2. The van der Waals surface area contributed by atoms with Crippen LogP contribution in [0.25, 0.3) is 0 Å². The smallest absolute Gasteiger partial charge is 0.274 e. The van der Waals surface area contributed by atoms with Crippen LogP contribution in [0.4, 0.5) is 5.69 Å². The van der Waals surface area contributed by atoms with E-state index in [1.165, 1.54) is 0 Å². The number of ketones is 1. The fourth-order valence-electron chi connectivity index (χ4n) is 2.88. The number of Topliss-reactive ketones (excluding diaryl/α,β-unsaturated/α-hetero) is 1. The predicted octanol–water partition coefficient (Wildman–Crippen LogP) is 2.79. The lowest BCUT2D eigenvalue weighted by Gasteiger charge is -2.24. The Labute approximate surface area is 134 Å². The number of benzene rings is 2. The van der Waals surface area contributed by atoms with Gasteiger partial charge in [0.2, 0.25) is 0 Å². The van der Waals surface area contributed by atoms with Gasteiger partial charge >= 0.3 is 0 Å². The van der Waals surface area contributed by atoms with Crippen LogP contribution in [0.1, 0.15) is 39.1 Å². The van der Waals surface area contributed by atoms with Crippen molar-refractivity contribution in [2.75, 3.05) is 11.4 Å². The van der Waals surface area contributed by atoms with Crippen molar-refractivity contribution < 1.29 is 14.8 Å². The van der Waals surface area contributed by atoms with Crippen LogP contribution < -0.4 is 10.4 Å². The van der Waals surface area contributed by atoms with Crippen molar-refractivity contribution in [2.24, 2.45) is 0 Å². The van der Waals surface area contributed by atoms with Gasteiger partial charge in [-0.15, -0.1) is 0 Å². The Kier molecular flexibility index (Phi) is 4.39. The fraction of sp³-hybridized carbons (Fsp3) is 0.222. The summed E-state index contributed by atoms with van der Waals surface area (Å²) in [7, 11) is 0. The molecule has 1 aliphatic heterocycles. The fourth-order valence-corrected chi connectivity index (χ4v) is 2.88. The molecule has 0 radical (unpaired) electrons. The minimum atomic E-state index is -0.526. The molecule has 23 heavy (non-hydrogen) atoms. The molecule has 0 aliphatic carbocycles. The van der Waals surface area contributed by atoms with Gasteiger partial charge in [-0.3, -0.25) is 14.8 Å². The van der Waals surface area contributed by atoms with Crippen LogP contribution in [0, 0.1) is 0 Å². The SMILES string of the molecule is O=C(NO)c1ccc(CN2CCCC(=O)c3ccccc32)cc1. The first-order valence-corrected chi connectivity index (χ1v) is 7.59. The van der Waals surface area contributed by atoms with Gasteiger partial charge in [0.05, 0.1) is 0 Å². The molecule has 0 unspecified atom stereocenters. The molecule has 0 saturated heterocycles. The molecule has 3 rings (SSSR count). The van der Waals surface area contributed by atoms with Crippen molar-refractivity contribution in [2.45, 2.75) is 19.4 Å². The Morgan fingerprint density at radius 1 is 1.13 bits per heavy atom. The molecule has 0 saturated carbocycles. The molecule has 0 aromatic heterocycles. The Bertz CT molecular complexity index is 725. The zero-order chi connectivity index (χ0) is 16.2. The van der Waals surface area contributed by atoms with Gasteiger partial charge in [0.1, 0.15) is 0 Å². The van der Waals surface area contributed by atoms with E-state index in [9.17, 15) is 9.59 Å². The first-order chi connectivity index (χ1) is 11.2. The quantitative estimate of drug-likeness (QED) is 0.675. The summed E-state index contributed by atoms with van der Waals surface area (Å²) < 4.78 is 0. The van der Waals surface area contributed by atoms with E-state index < -0.39 is 5.91 Å². The predicted molar refractivity (Wildman–Crippen MR) is 86.8 cm³/mol. The van der Waals surface area contributed by atoms with Crippen molar-refractivity contribution in [1.29, 1.82) is 0 Å². The average molecular weight is 310 g/mol. The van der Waals surface area contributed by atoms with Crippen LogP contribution in [-0.2, 0) is 6.54 Å². The summed E-state index contributed by atoms with van der Waals surface area (Å²) in [5, 5.41) is 8.64. The van der Waals surface area contributed by atoms with Crippen LogP contribution in [0.5, 0.6) is 0 Å². The Morgan fingerprint density at radius 2 is 1.87 bits per heavy atom. The number of nitrogens with one attached hydrogen (secondary N) is 1. The summed E-state index contributed by atoms with van der Waals surface area (Å²) in [5.74, 6) is -0.333. The third-order valence-electron chi connectivity index (χ3n) is 4.07. The molecule has 2 aromatic rings. The summed E-state index contributed by atoms with van der Waals surface area (Å²) in [4.78, 5) is 25.7. The Morgan fingerprint density at radius 3 is 2.61 bits per heavy atom. The van der Waals surface area contributed by atoms with Gasteiger partial charge < -0.3 is 4.90 Å². The third kappa shape index (κ3) is 3.24. The van der Waals surface area contributed by atoms with Crippen LogP contribution in [0.2, 0.25) is 0 Å². The highest BCUT2D eigenvalue weighted by Gasteiger charge is 2.20. The average Bonchev–Trinajstić information content (AvgIpc) is 2.75. The minimum Gasteiger partial charge on any atom is -0.367 e. The number of rotatable bonds is 3. The molecular weight excluding hydrogens is 292 g/mol. The van der Waals surface area contributed by atoms with Crippen molar-refractivity contribution in [1.82, 2.24) is 5.48 Å². The number of carbonyl (C=O) groups is 2. The lowest BCUT2D eigenvalue weighted by molar-refractivity contribution is 0.0706. The first-order valence-electron chi connectivity index (χ1n) is 7.59. The molecule has 0 fully saturated rings. The van der Waals surface area contributed by atoms with E-state index >= 15 is 0 Å². The number of nitrogens with zero attached hydrogens (tertiary/aromatic N) is 1. The van der Waals surface area contributed by atoms with Crippen LogP contribution in [0.15, 0.2) is 48.5 Å². The number of para-hydroxylation sites is 1. The second kappa shape index (κ2) is 6.62. The third-order valence-corrected chi connectivity index (χ3v) is 4.07. The standard InChI is InChI=1S/C18H18N2O3/c21-17-6-3-11-20(16-5-2-1-4-15(16)17)12-13-7-9-14(10-8-13)18(22)19-23/h1-2,4-5,7-10,23H,3,6,11-12H2,(H,19,22). The molecule has 1 aliphatic rings. The highest BCUT2D eigenvalue weighted by molar-refractivity contribution is 6.02. The molecule has 1 heterocycles. The highest BCUT2D eigenvalue weighted by Crippen LogP contribution is 2.27. The van der Waals surface area contributed by atoms with E-state index in [0.717, 1.165) is 29.8 Å². The van der Waals surface area contributed by atoms with Crippen LogP contribution >= 0.6 is 0 Å². The summed E-state index contributed by atoms with van der Waals surface area (Å²) >= 11 is 0. The highest BCUT2D eigenvalue weighted by atomic mass is 16.5. The Balaban J connectivity index is 1.83. The summed E-state index contributed by atoms with van der Waals surface area (Å²) in [6.45, 7) is 1.49. The lowest BCUT2D eigenvalue weighted by Crippen LogP contribution is -2.23. The molecule has 0 atom stereocenters. The molecule has 2 N–H and O–H groups in total. The molecule has 1 amide bonds. The van der Waals surface area contributed by atoms with Gasteiger partial charge in [0.25, 0.3) is 5.91 Å².